The van der Waals surface area contributed by atoms with Crippen LogP contribution in [0, 0.1) is 5.92 Å². The van der Waals surface area contributed by atoms with Gasteiger partial charge in [-0.3, -0.25) is 28.8 Å². The number of likely N-dealkylation sites (tertiary alicyclic amines) is 1. The van der Waals surface area contributed by atoms with Crippen LogP contribution in [-0.4, -0.2) is 133 Å². The number of nitrogens with zero attached hydrogens (tertiary/aromatic N) is 4. The number of carbonyl (C=O) groups excluding carboxylic acids is 6. The van der Waals surface area contributed by atoms with Crippen LogP contribution in [-0.2, 0) is 71.5 Å². The van der Waals surface area contributed by atoms with Crippen molar-refractivity contribution in [1.29, 1.82) is 0 Å². The zero-order valence-electron chi connectivity index (χ0n) is 55.7. The van der Waals surface area contributed by atoms with Gasteiger partial charge < -0.3 is 46.4 Å². The van der Waals surface area contributed by atoms with Crippen molar-refractivity contribution in [3.63, 3.8) is 0 Å². The molecule has 3 aliphatic carbocycles. The van der Waals surface area contributed by atoms with Gasteiger partial charge in [0.05, 0.1) is 43.4 Å². The van der Waals surface area contributed by atoms with Crippen molar-refractivity contribution in [3.05, 3.63) is 134 Å². The molecule has 22 heteroatoms. The molecule has 0 radical (unpaired) electrons. The van der Waals surface area contributed by atoms with Crippen LogP contribution in [0.25, 0.3) is 10.4 Å². The molecular weight excluding hydrogens is 1230 g/mol. The summed E-state index contributed by atoms with van der Waals surface area (Å²) in [4.78, 5) is 85.9. The Morgan fingerprint density at radius 1 is 0.621 bits per heavy atom. The van der Waals surface area contributed by atoms with E-state index >= 15 is 0 Å². The highest BCUT2D eigenvalue weighted by Gasteiger charge is 2.52. The quantitative estimate of drug-likeness (QED) is 0.0105. The Kier molecular flexibility index (Phi) is 31.4. The van der Waals surface area contributed by atoms with Crippen LogP contribution in [0.4, 0.5) is 9.57 Å². The lowest BCUT2D eigenvalue weighted by atomic mass is 9.51. The molecule has 4 aromatic carbocycles. The lowest BCUT2D eigenvalue weighted by Gasteiger charge is -2.51. The van der Waals surface area contributed by atoms with E-state index in [9.17, 15) is 41.1 Å². The normalized spacial score (nSPS) is 17.1. The maximum atomic E-state index is 14.3. The van der Waals surface area contributed by atoms with Gasteiger partial charge in [-0.05, 0) is 170 Å². The first-order valence-electron chi connectivity index (χ1n) is 34.7. The van der Waals surface area contributed by atoms with Gasteiger partial charge in [-0.15, -0.1) is 3.89 Å². The molecular formula is C73H101FN8O12S. The maximum Gasteiger partial charge on any atom is 0.332 e. The van der Waals surface area contributed by atoms with E-state index in [-0.39, 0.29) is 79.9 Å². The first-order chi connectivity index (χ1) is 46.0. The van der Waals surface area contributed by atoms with Crippen molar-refractivity contribution in [2.24, 2.45) is 28.2 Å². The molecule has 1 fully saturated rings. The average Bonchev–Trinajstić information content (AvgIpc) is 0.825. The second-order valence-corrected chi connectivity index (χ2v) is 27.2. The maximum absolute atomic E-state index is 14.3. The Hall–Kier alpha value is -6.75. The van der Waals surface area contributed by atoms with Crippen LogP contribution < -0.4 is 27.3 Å². The van der Waals surface area contributed by atoms with Gasteiger partial charge in [0.25, 0.3) is 5.91 Å². The molecule has 4 aromatic rings. The number of benzene rings is 4. The molecule has 8 rings (SSSR count). The lowest BCUT2D eigenvalue weighted by molar-refractivity contribution is -0.140. The Morgan fingerprint density at radius 3 is 1.66 bits per heavy atom. The summed E-state index contributed by atoms with van der Waals surface area (Å²) in [6, 6.07) is 22.2. The van der Waals surface area contributed by atoms with Gasteiger partial charge in [-0.1, -0.05) is 112 Å². The van der Waals surface area contributed by atoms with Crippen molar-refractivity contribution < 1.29 is 60.0 Å². The number of hydrogen-bond acceptors (Lipinski definition) is 16. The average molecular weight is 1330 g/mol. The number of carbonyl (C=O) groups is 6. The number of nitrogens with one attached hydrogen (secondary N) is 1. The third kappa shape index (κ3) is 22.7. The molecule has 1 unspecified atom stereocenters. The summed E-state index contributed by atoms with van der Waals surface area (Å²) < 4.78 is 58.7. The van der Waals surface area contributed by atoms with Gasteiger partial charge in [0, 0.05) is 92.6 Å². The standard InChI is InChI=1S/C73H101FN8O12S/c1-52(72(88)68-49-56(80-81-78)50-82(68)70(87)51-94-60-25-27-61(28-26-60)95(74,89)90)33-39-92-41-43-93-42-40-91-38-17-20-57(83)32-34-73-65-46-53(44-58(84)18-11-5-2-8-14-35-75)22-29-62(65)71(63-30-23-54(47-66(63)73)45-59(85)19-12-6-3-9-15-36-76)64-31-24-55(48-67(64)73)79-69(86)21-13-7-4-10-16-37-77/h22-31,46-48,52,56,68,71H,2-21,32-45,49-51,75-77H2,1H3,(H,79,86)/t52?,56-,68-,71?,73?/m0/s1. The summed E-state index contributed by atoms with van der Waals surface area (Å²) >= 11 is 0. The minimum Gasteiger partial charge on any atom is -0.484 e. The molecule has 2 bridgehead atoms. The second-order valence-electron chi connectivity index (χ2n) is 25.8. The third-order valence-corrected chi connectivity index (χ3v) is 19.5. The van der Waals surface area contributed by atoms with Crippen LogP contribution in [0.5, 0.6) is 5.75 Å². The molecule has 7 N–H and O–H groups in total. The molecule has 95 heavy (non-hydrogen) atoms. The summed E-state index contributed by atoms with van der Waals surface area (Å²) in [5.74, 6) is -0.889. The number of amides is 2. The number of halogens is 1. The van der Waals surface area contributed by atoms with E-state index in [2.05, 4.69) is 63.9 Å². The first-order valence-corrected chi connectivity index (χ1v) is 36.0. The largest absolute Gasteiger partial charge is 0.484 e. The first kappa shape index (κ1) is 75.6. The highest BCUT2D eigenvalue weighted by atomic mass is 32.3. The summed E-state index contributed by atoms with van der Waals surface area (Å²) in [6.07, 6.45) is 18.5. The van der Waals surface area contributed by atoms with Crippen LogP contribution >= 0.6 is 0 Å². The number of hydrogen-bond donors (Lipinski definition) is 4. The van der Waals surface area contributed by atoms with Crippen molar-refractivity contribution in [2.45, 2.75) is 202 Å². The van der Waals surface area contributed by atoms with E-state index in [0.717, 1.165) is 153 Å². The number of rotatable bonds is 49. The summed E-state index contributed by atoms with van der Waals surface area (Å²) in [5, 5.41) is 6.97. The molecule has 0 spiro atoms. The zero-order valence-corrected chi connectivity index (χ0v) is 56.5. The molecule has 3 atom stereocenters. The predicted molar refractivity (Wildman–Crippen MR) is 364 cm³/mol. The van der Waals surface area contributed by atoms with Crippen molar-refractivity contribution >= 4 is 50.9 Å². The number of nitrogens with two attached hydrogens (primary N) is 3. The van der Waals surface area contributed by atoms with Crippen molar-refractivity contribution in [3.8, 4) is 5.75 Å². The van der Waals surface area contributed by atoms with E-state index in [1.54, 1.807) is 6.92 Å². The van der Waals surface area contributed by atoms with Gasteiger partial charge in [0.2, 0.25) is 5.91 Å². The number of ketones is 4. The Balaban J connectivity index is 0.949. The predicted octanol–water partition coefficient (Wildman–Crippen LogP) is 11.7. The van der Waals surface area contributed by atoms with Gasteiger partial charge in [0.15, 0.2) is 12.4 Å². The van der Waals surface area contributed by atoms with Crippen molar-refractivity contribution in [1.82, 2.24) is 4.90 Å². The van der Waals surface area contributed by atoms with E-state index in [1.807, 2.05) is 6.07 Å². The minimum atomic E-state index is -4.91. The molecule has 0 aromatic heterocycles. The topological polar surface area (TPSA) is 316 Å². The summed E-state index contributed by atoms with van der Waals surface area (Å²) in [7, 11) is -4.91. The van der Waals surface area contributed by atoms with E-state index in [0.29, 0.717) is 103 Å². The molecule has 1 saturated heterocycles. The summed E-state index contributed by atoms with van der Waals surface area (Å²) in [6.45, 7) is 5.00. The van der Waals surface area contributed by atoms with Gasteiger partial charge in [0.1, 0.15) is 23.1 Å². The fourth-order valence-electron chi connectivity index (χ4n) is 13.6. The summed E-state index contributed by atoms with van der Waals surface area (Å²) in [5.41, 5.74) is 34.4. The van der Waals surface area contributed by atoms with Gasteiger partial charge >= 0.3 is 10.2 Å². The highest BCUT2D eigenvalue weighted by Crippen LogP contribution is 2.61. The molecule has 20 nitrogen and oxygen atoms in total. The molecule has 1 aliphatic heterocycles. The van der Waals surface area contributed by atoms with E-state index < -0.39 is 51.0 Å². The van der Waals surface area contributed by atoms with E-state index in [4.69, 9.17) is 41.7 Å². The number of anilines is 1. The minimum absolute atomic E-state index is 0.0183. The monoisotopic (exact) mass is 1330 g/mol. The lowest BCUT2D eigenvalue weighted by Crippen LogP contribution is -2.44. The van der Waals surface area contributed by atoms with Crippen LogP contribution in [0.2, 0.25) is 0 Å². The number of unbranched alkanes of at least 4 members (excludes halogenated alkanes) is 12. The number of ether oxygens (including phenoxy) is 4. The SMILES string of the molecule is CC(CCOCCOCCOCCCC(=O)CCC12c3cc(CC(=O)CCCCCCCN)ccc3C(c3ccc(CC(=O)CCCCCCCN)cc31)c1ccc(NC(=O)CCCCCCCN)cc12)C(=O)[C@@H]1C[C@H](N=[N+]=[N-])CN1C(=O)COc1ccc(S(=O)(=O)F)cc1. The van der Waals surface area contributed by atoms with Gasteiger partial charge in [-0.25, -0.2) is 0 Å². The molecule has 0 saturated carbocycles. The fraction of sp³-hybridized carbons (Fsp3) is 0.589. The zero-order chi connectivity index (χ0) is 68.0. The Morgan fingerprint density at radius 2 is 1.12 bits per heavy atom. The smallest absolute Gasteiger partial charge is 0.332 e. The highest BCUT2D eigenvalue weighted by molar-refractivity contribution is 7.86. The van der Waals surface area contributed by atoms with Crippen LogP contribution in [0.3, 0.4) is 0 Å². The number of azide groups is 1. The van der Waals surface area contributed by atoms with Crippen molar-refractivity contribution in [2.75, 3.05) is 77.7 Å². The number of Topliss-reactive ketones (excluding diaryl/α,β-unsaturated/α-hetero) is 4. The Labute approximate surface area is 560 Å². The molecule has 518 valence electrons. The van der Waals surface area contributed by atoms with Crippen LogP contribution in [0.15, 0.2) is 88.9 Å². The van der Waals surface area contributed by atoms with Gasteiger partial charge in [-0.2, -0.15) is 8.42 Å². The molecule has 1 heterocycles. The second kappa shape index (κ2) is 39.5. The molecule has 2 amide bonds. The molecule has 4 aliphatic rings. The van der Waals surface area contributed by atoms with E-state index in [1.165, 1.54) is 17.0 Å². The Bertz CT molecular complexity index is 3150. The third-order valence-electron chi connectivity index (χ3n) is 18.7. The fourth-order valence-corrected chi connectivity index (χ4v) is 14.1. The van der Waals surface area contributed by atoms with Crippen LogP contribution in [0.1, 0.15) is 211 Å².